The molecule has 0 spiro atoms. The van der Waals surface area contributed by atoms with E-state index >= 15 is 0 Å². The van der Waals surface area contributed by atoms with E-state index in [2.05, 4.69) is 34.5 Å². The van der Waals surface area contributed by atoms with Gasteiger partial charge in [0.25, 0.3) is 0 Å². The highest BCUT2D eigenvalue weighted by atomic mass is 16.2. The van der Waals surface area contributed by atoms with E-state index in [0.717, 1.165) is 42.6 Å². The second-order valence-electron chi connectivity index (χ2n) is 6.49. The normalized spacial score (nSPS) is 10.5. The third-order valence-corrected chi connectivity index (χ3v) is 4.24. The van der Waals surface area contributed by atoms with Gasteiger partial charge in [-0.2, -0.15) is 5.10 Å². The molecule has 0 bridgehead atoms. The summed E-state index contributed by atoms with van der Waals surface area (Å²) in [6.45, 7) is 4.20. The minimum absolute atomic E-state index is 0.0961. The van der Waals surface area contributed by atoms with Gasteiger partial charge in [0.05, 0.1) is 5.69 Å². The lowest BCUT2D eigenvalue weighted by Gasteiger charge is -2.05. The third kappa shape index (κ3) is 4.71. The number of hydrazone groups is 1. The Labute approximate surface area is 165 Å². The highest BCUT2D eigenvalue weighted by Gasteiger charge is 2.18. The fourth-order valence-electron chi connectivity index (χ4n) is 2.93. The molecular weight excluding hydrogens is 350 g/mol. The first-order valence-electron chi connectivity index (χ1n) is 9.66. The van der Waals surface area contributed by atoms with Gasteiger partial charge in [-0.1, -0.05) is 75.2 Å². The maximum atomic E-state index is 12.6. The molecule has 3 rings (SSSR count). The van der Waals surface area contributed by atoms with Crippen LogP contribution in [0.1, 0.15) is 50.1 Å². The summed E-state index contributed by atoms with van der Waals surface area (Å²) in [4.78, 5) is 17.1. The molecule has 0 fully saturated rings. The van der Waals surface area contributed by atoms with Gasteiger partial charge in [-0.05, 0) is 25.0 Å². The molecule has 0 aliphatic carbocycles. The Morgan fingerprint density at radius 2 is 1.57 bits per heavy atom. The number of rotatable bonds is 8. The minimum atomic E-state index is -0.406. The van der Waals surface area contributed by atoms with Crippen LogP contribution in [0.15, 0.2) is 65.8 Å². The summed E-state index contributed by atoms with van der Waals surface area (Å²) in [5.74, 6) is 0.304. The predicted octanol–water partition coefficient (Wildman–Crippen LogP) is 4.62. The number of hydrogen-bond acceptors (Lipinski definition) is 4. The van der Waals surface area contributed by atoms with Crippen LogP contribution < -0.4 is 5.43 Å². The maximum absolute atomic E-state index is 12.6. The number of amides is 1. The van der Waals surface area contributed by atoms with Gasteiger partial charge in [-0.3, -0.25) is 4.79 Å². The Morgan fingerprint density at radius 1 is 0.964 bits per heavy atom. The van der Waals surface area contributed by atoms with Crippen molar-refractivity contribution in [3.05, 3.63) is 66.5 Å². The topological polar surface area (TPSA) is 72.2 Å². The Bertz CT molecular complexity index is 867. The van der Waals surface area contributed by atoms with Gasteiger partial charge in [-0.15, -0.1) is 5.10 Å². The zero-order valence-electron chi connectivity index (χ0n) is 16.3. The largest absolute Gasteiger partial charge is 0.311 e. The molecule has 3 aromatic rings. The molecule has 0 unspecified atom stereocenters. The first kappa shape index (κ1) is 19.5. The first-order chi connectivity index (χ1) is 13.7. The Balaban J connectivity index is 1.93. The minimum Gasteiger partial charge on any atom is -0.264 e. The van der Waals surface area contributed by atoms with Crippen molar-refractivity contribution >= 4 is 11.6 Å². The molecule has 0 radical (unpaired) electrons. The second-order valence-corrected chi connectivity index (χ2v) is 6.49. The van der Waals surface area contributed by atoms with E-state index in [1.54, 1.807) is 4.68 Å². The van der Waals surface area contributed by atoms with Gasteiger partial charge >= 0.3 is 5.91 Å². The number of benzene rings is 2. The molecule has 2 aromatic carbocycles. The average Bonchev–Trinajstić information content (AvgIpc) is 3.19. The predicted molar refractivity (Wildman–Crippen MR) is 112 cm³/mol. The molecular formula is C22H25N5O. The van der Waals surface area contributed by atoms with Crippen molar-refractivity contribution < 1.29 is 4.79 Å². The van der Waals surface area contributed by atoms with Gasteiger partial charge in [-0.25, -0.2) is 15.1 Å². The Kier molecular flexibility index (Phi) is 6.68. The molecule has 1 aromatic heterocycles. The molecule has 28 heavy (non-hydrogen) atoms. The Morgan fingerprint density at radius 3 is 2.18 bits per heavy atom. The van der Waals surface area contributed by atoms with Gasteiger partial charge < -0.3 is 0 Å². The number of carbonyl (C=O) groups is 1. The van der Waals surface area contributed by atoms with Crippen molar-refractivity contribution in [1.29, 1.82) is 0 Å². The summed E-state index contributed by atoms with van der Waals surface area (Å²) in [7, 11) is 0. The molecule has 1 amide bonds. The van der Waals surface area contributed by atoms with E-state index in [9.17, 15) is 4.79 Å². The SMILES string of the molecule is CCCC(CCC)=NNC(=O)c1nc(-c2ccccc2)n(-c2ccccc2)n1. The van der Waals surface area contributed by atoms with Crippen LogP contribution >= 0.6 is 0 Å². The summed E-state index contributed by atoms with van der Waals surface area (Å²) in [5.41, 5.74) is 5.34. The molecule has 1 N–H and O–H groups in total. The fraction of sp³-hybridized carbons (Fsp3) is 0.273. The van der Waals surface area contributed by atoms with Gasteiger partial charge in [0.15, 0.2) is 5.82 Å². The molecule has 1 heterocycles. The van der Waals surface area contributed by atoms with Crippen LogP contribution in [0.25, 0.3) is 17.1 Å². The van der Waals surface area contributed by atoms with Crippen molar-refractivity contribution in [1.82, 2.24) is 20.2 Å². The number of para-hydroxylation sites is 1. The van der Waals surface area contributed by atoms with Crippen LogP contribution in [0.2, 0.25) is 0 Å². The van der Waals surface area contributed by atoms with Crippen LogP contribution in [0.4, 0.5) is 0 Å². The second kappa shape index (κ2) is 9.60. The monoisotopic (exact) mass is 375 g/mol. The molecule has 144 valence electrons. The van der Waals surface area contributed by atoms with Gasteiger partial charge in [0.1, 0.15) is 0 Å². The lowest BCUT2D eigenvalue weighted by molar-refractivity contribution is 0.0944. The van der Waals surface area contributed by atoms with Crippen LogP contribution in [-0.2, 0) is 0 Å². The summed E-state index contributed by atoms with van der Waals surface area (Å²) in [5, 5.41) is 8.74. The van der Waals surface area contributed by atoms with E-state index < -0.39 is 5.91 Å². The molecule has 0 saturated carbocycles. The summed E-state index contributed by atoms with van der Waals surface area (Å²) < 4.78 is 1.69. The zero-order chi connectivity index (χ0) is 19.8. The van der Waals surface area contributed by atoms with E-state index in [0.29, 0.717) is 5.82 Å². The molecule has 0 aliphatic heterocycles. The smallest absolute Gasteiger partial charge is 0.264 e. The summed E-state index contributed by atoms with van der Waals surface area (Å²) >= 11 is 0. The lowest BCUT2D eigenvalue weighted by Crippen LogP contribution is -2.21. The number of nitrogens with one attached hydrogen (secondary N) is 1. The van der Waals surface area contributed by atoms with Crippen LogP contribution in [0, 0.1) is 0 Å². The van der Waals surface area contributed by atoms with Crippen molar-refractivity contribution in [3.63, 3.8) is 0 Å². The highest BCUT2D eigenvalue weighted by Crippen LogP contribution is 2.20. The van der Waals surface area contributed by atoms with Crippen LogP contribution in [-0.4, -0.2) is 26.4 Å². The van der Waals surface area contributed by atoms with Crippen molar-refractivity contribution in [2.75, 3.05) is 0 Å². The average molecular weight is 375 g/mol. The van der Waals surface area contributed by atoms with E-state index in [1.165, 1.54) is 0 Å². The van der Waals surface area contributed by atoms with Gasteiger partial charge in [0, 0.05) is 11.3 Å². The fourth-order valence-corrected chi connectivity index (χ4v) is 2.93. The molecule has 0 atom stereocenters. The van der Waals surface area contributed by atoms with Crippen LogP contribution in [0.3, 0.4) is 0 Å². The number of nitrogens with zero attached hydrogens (tertiary/aromatic N) is 4. The van der Waals surface area contributed by atoms with Crippen LogP contribution in [0.5, 0.6) is 0 Å². The van der Waals surface area contributed by atoms with E-state index in [1.807, 2.05) is 60.7 Å². The van der Waals surface area contributed by atoms with E-state index in [4.69, 9.17) is 0 Å². The lowest BCUT2D eigenvalue weighted by atomic mass is 10.1. The molecule has 0 saturated heterocycles. The molecule has 6 heteroatoms. The molecule has 0 aliphatic rings. The summed E-state index contributed by atoms with van der Waals surface area (Å²) in [6.07, 6.45) is 3.73. The standard InChI is InChI=1S/C22H25N5O/c1-3-11-18(12-4-2)24-25-22(28)20-23-21(17-13-7-5-8-14-17)27(26-20)19-15-9-6-10-16-19/h5-10,13-16H,3-4,11-12H2,1-2H3,(H,25,28). The van der Waals surface area contributed by atoms with E-state index in [-0.39, 0.29) is 5.82 Å². The van der Waals surface area contributed by atoms with Crippen molar-refractivity contribution in [2.45, 2.75) is 39.5 Å². The van der Waals surface area contributed by atoms with Crippen molar-refractivity contribution in [2.24, 2.45) is 5.10 Å². The Hall–Kier alpha value is -3.28. The van der Waals surface area contributed by atoms with Gasteiger partial charge in [0.2, 0.25) is 5.82 Å². The number of aromatic nitrogens is 3. The third-order valence-electron chi connectivity index (χ3n) is 4.24. The quantitative estimate of drug-likeness (QED) is 0.461. The summed E-state index contributed by atoms with van der Waals surface area (Å²) in [6, 6.07) is 19.4. The first-order valence-corrected chi connectivity index (χ1v) is 9.66. The molecule has 6 nitrogen and oxygen atoms in total. The highest BCUT2D eigenvalue weighted by molar-refractivity contribution is 5.93. The maximum Gasteiger partial charge on any atom is 0.311 e. The number of carbonyl (C=O) groups excluding carboxylic acids is 1. The zero-order valence-corrected chi connectivity index (χ0v) is 16.3. The number of hydrogen-bond donors (Lipinski definition) is 1. The van der Waals surface area contributed by atoms with Crippen molar-refractivity contribution in [3.8, 4) is 17.1 Å².